The zero-order chi connectivity index (χ0) is 12.1. The summed E-state index contributed by atoms with van der Waals surface area (Å²) in [5, 5.41) is 9.58. The second-order valence-electron chi connectivity index (χ2n) is 5.17. The minimum Gasteiger partial charge on any atom is -0.396 e. The van der Waals surface area contributed by atoms with Gasteiger partial charge in [0.05, 0.1) is 0 Å². The maximum absolute atomic E-state index is 9.58. The molecule has 0 aromatic heterocycles. The topological polar surface area (TPSA) is 20.2 Å². The van der Waals surface area contributed by atoms with Crippen LogP contribution in [-0.2, 0) is 6.42 Å². The quantitative estimate of drug-likeness (QED) is 0.884. The van der Waals surface area contributed by atoms with Gasteiger partial charge in [-0.05, 0) is 36.0 Å². The zero-order valence-electron chi connectivity index (χ0n) is 10.2. The lowest BCUT2D eigenvalue weighted by Crippen LogP contribution is -2.23. The lowest BCUT2D eigenvalue weighted by Gasteiger charge is -2.29. The van der Waals surface area contributed by atoms with E-state index >= 15 is 0 Å². The summed E-state index contributed by atoms with van der Waals surface area (Å²) in [7, 11) is 0. The van der Waals surface area contributed by atoms with Gasteiger partial charge in [0.25, 0.3) is 0 Å². The first kappa shape index (κ1) is 13.1. The highest BCUT2D eigenvalue weighted by molar-refractivity contribution is 9.10. The van der Waals surface area contributed by atoms with Crippen LogP contribution in [0.4, 0.5) is 0 Å². The van der Waals surface area contributed by atoms with Crippen molar-refractivity contribution in [3.8, 4) is 0 Å². The van der Waals surface area contributed by atoms with Crippen molar-refractivity contribution in [1.29, 1.82) is 0 Å². The van der Waals surface area contributed by atoms with Gasteiger partial charge in [0.15, 0.2) is 0 Å². The van der Waals surface area contributed by atoms with Crippen LogP contribution in [0.2, 0.25) is 0 Å². The summed E-state index contributed by atoms with van der Waals surface area (Å²) < 4.78 is 1.12. The molecule has 1 atom stereocenters. The molecule has 1 unspecified atom stereocenters. The van der Waals surface area contributed by atoms with Gasteiger partial charge in [-0.2, -0.15) is 0 Å². The minimum atomic E-state index is 0.334. The van der Waals surface area contributed by atoms with Crippen molar-refractivity contribution < 1.29 is 5.11 Å². The molecule has 0 saturated heterocycles. The maximum Gasteiger partial charge on any atom is 0.0465 e. The Morgan fingerprint density at radius 1 is 1.12 bits per heavy atom. The molecule has 0 spiro atoms. The third-order valence-electron chi connectivity index (χ3n) is 3.96. The minimum absolute atomic E-state index is 0.334. The smallest absolute Gasteiger partial charge is 0.0465 e. The van der Waals surface area contributed by atoms with Crippen molar-refractivity contribution in [2.45, 2.75) is 38.5 Å². The van der Waals surface area contributed by atoms with E-state index in [2.05, 4.69) is 40.2 Å². The lowest BCUT2D eigenvalue weighted by molar-refractivity contribution is 0.147. The summed E-state index contributed by atoms with van der Waals surface area (Å²) >= 11 is 3.46. The van der Waals surface area contributed by atoms with Gasteiger partial charge < -0.3 is 5.11 Å². The molecule has 1 aromatic rings. The Morgan fingerprint density at radius 3 is 2.35 bits per heavy atom. The van der Waals surface area contributed by atoms with Gasteiger partial charge in [-0.15, -0.1) is 0 Å². The fourth-order valence-corrected chi connectivity index (χ4v) is 3.17. The van der Waals surface area contributed by atoms with Gasteiger partial charge in [0.1, 0.15) is 0 Å². The number of hydrogen-bond acceptors (Lipinski definition) is 1. The number of benzene rings is 1. The highest BCUT2D eigenvalue weighted by Gasteiger charge is 2.23. The highest BCUT2D eigenvalue weighted by atomic mass is 79.9. The molecule has 1 saturated carbocycles. The first-order valence-corrected chi connectivity index (χ1v) is 7.44. The van der Waals surface area contributed by atoms with Gasteiger partial charge in [-0.1, -0.05) is 60.2 Å². The number of hydrogen-bond donors (Lipinski definition) is 1. The molecule has 0 amide bonds. The first-order valence-electron chi connectivity index (χ1n) is 6.65. The zero-order valence-corrected chi connectivity index (χ0v) is 11.8. The highest BCUT2D eigenvalue weighted by Crippen LogP contribution is 2.31. The van der Waals surface area contributed by atoms with Gasteiger partial charge in [-0.25, -0.2) is 0 Å². The second-order valence-corrected chi connectivity index (χ2v) is 6.09. The first-order chi connectivity index (χ1) is 8.29. The normalized spacial score (nSPS) is 19.2. The number of halogens is 1. The Kier molecular flexibility index (Phi) is 5.05. The van der Waals surface area contributed by atoms with Crippen molar-refractivity contribution in [2.75, 3.05) is 6.61 Å². The standard InChI is InChI=1S/C15H21BrO/c16-15-8-6-12(7-9-15)10-14(11-17)13-4-2-1-3-5-13/h6-9,13-14,17H,1-5,10-11H2. The number of aliphatic hydroxyl groups excluding tert-OH is 1. The number of rotatable bonds is 4. The molecule has 0 radical (unpaired) electrons. The van der Waals surface area contributed by atoms with Crippen molar-refractivity contribution in [1.82, 2.24) is 0 Å². The predicted octanol–water partition coefficient (Wildman–Crippen LogP) is 4.18. The van der Waals surface area contributed by atoms with E-state index in [0.29, 0.717) is 12.5 Å². The summed E-state index contributed by atoms with van der Waals surface area (Å²) in [5.74, 6) is 1.19. The molecule has 1 aromatic carbocycles. The van der Waals surface area contributed by atoms with Crippen LogP contribution in [0.15, 0.2) is 28.7 Å². The molecule has 17 heavy (non-hydrogen) atoms. The monoisotopic (exact) mass is 296 g/mol. The van der Waals surface area contributed by atoms with Crippen LogP contribution in [0.25, 0.3) is 0 Å². The van der Waals surface area contributed by atoms with Gasteiger partial charge in [-0.3, -0.25) is 0 Å². The molecular weight excluding hydrogens is 276 g/mol. The fraction of sp³-hybridized carbons (Fsp3) is 0.600. The molecule has 1 nitrogen and oxygen atoms in total. The molecule has 2 heteroatoms. The Balaban J connectivity index is 1.96. The van der Waals surface area contributed by atoms with E-state index in [9.17, 15) is 5.11 Å². The largest absolute Gasteiger partial charge is 0.396 e. The van der Waals surface area contributed by atoms with Crippen LogP contribution in [0.5, 0.6) is 0 Å². The Morgan fingerprint density at radius 2 is 1.76 bits per heavy atom. The average Bonchev–Trinajstić information content (AvgIpc) is 2.39. The molecule has 1 N–H and O–H groups in total. The van der Waals surface area contributed by atoms with Gasteiger partial charge >= 0.3 is 0 Å². The van der Waals surface area contributed by atoms with Crippen LogP contribution in [0, 0.1) is 11.8 Å². The molecular formula is C15H21BrO. The lowest BCUT2D eigenvalue weighted by atomic mass is 9.78. The molecule has 2 rings (SSSR count). The van der Waals surface area contributed by atoms with E-state index in [0.717, 1.165) is 16.8 Å². The Bertz CT molecular complexity index is 327. The third kappa shape index (κ3) is 3.82. The van der Waals surface area contributed by atoms with E-state index < -0.39 is 0 Å². The van der Waals surface area contributed by atoms with Crippen molar-refractivity contribution in [3.63, 3.8) is 0 Å². The molecule has 94 valence electrons. The van der Waals surface area contributed by atoms with Crippen LogP contribution < -0.4 is 0 Å². The third-order valence-corrected chi connectivity index (χ3v) is 4.49. The fourth-order valence-electron chi connectivity index (χ4n) is 2.91. The maximum atomic E-state index is 9.58. The van der Waals surface area contributed by atoms with E-state index in [1.165, 1.54) is 37.7 Å². The van der Waals surface area contributed by atoms with Crippen LogP contribution in [0.3, 0.4) is 0 Å². The summed E-state index contributed by atoms with van der Waals surface area (Å²) in [6.07, 6.45) is 7.72. The van der Waals surface area contributed by atoms with Crippen molar-refractivity contribution >= 4 is 15.9 Å². The summed E-state index contributed by atoms with van der Waals surface area (Å²) in [6.45, 7) is 0.334. The van der Waals surface area contributed by atoms with Crippen molar-refractivity contribution in [2.24, 2.45) is 11.8 Å². The van der Waals surface area contributed by atoms with Crippen molar-refractivity contribution in [3.05, 3.63) is 34.3 Å². The Hall–Kier alpha value is -0.340. The molecule has 0 aliphatic heterocycles. The average molecular weight is 297 g/mol. The summed E-state index contributed by atoms with van der Waals surface area (Å²) in [4.78, 5) is 0. The SMILES string of the molecule is OCC(Cc1ccc(Br)cc1)C1CCCCC1. The van der Waals surface area contributed by atoms with Gasteiger partial charge in [0, 0.05) is 11.1 Å². The Labute approximate surface area is 112 Å². The molecule has 0 heterocycles. The van der Waals surface area contributed by atoms with Crippen LogP contribution in [-0.4, -0.2) is 11.7 Å². The van der Waals surface area contributed by atoms with Gasteiger partial charge in [0.2, 0.25) is 0 Å². The van der Waals surface area contributed by atoms with E-state index in [1.54, 1.807) is 0 Å². The van der Waals surface area contributed by atoms with Crippen LogP contribution in [0.1, 0.15) is 37.7 Å². The number of aliphatic hydroxyl groups is 1. The molecule has 1 aliphatic rings. The molecule has 0 bridgehead atoms. The summed E-state index contributed by atoms with van der Waals surface area (Å²) in [5.41, 5.74) is 1.35. The van der Waals surface area contributed by atoms with E-state index in [-0.39, 0.29) is 0 Å². The predicted molar refractivity (Wildman–Crippen MR) is 75.0 cm³/mol. The van der Waals surface area contributed by atoms with Crippen LogP contribution >= 0.6 is 15.9 Å². The summed E-state index contributed by atoms with van der Waals surface area (Å²) in [6, 6.07) is 8.50. The molecule has 1 fully saturated rings. The van der Waals surface area contributed by atoms with E-state index in [1.807, 2.05) is 0 Å². The van der Waals surface area contributed by atoms with E-state index in [4.69, 9.17) is 0 Å². The molecule has 1 aliphatic carbocycles. The second kappa shape index (κ2) is 6.55.